The van der Waals surface area contributed by atoms with Crippen LogP contribution in [0.5, 0.6) is 0 Å². The van der Waals surface area contributed by atoms with E-state index >= 15 is 0 Å². The molecule has 2 atom stereocenters. The number of piperidine rings is 1. The van der Waals surface area contributed by atoms with E-state index in [0.717, 1.165) is 39.1 Å². The van der Waals surface area contributed by atoms with E-state index in [1.165, 1.54) is 6.42 Å². The molecule has 90 valence electrons. The Morgan fingerprint density at radius 3 is 2.50 bits per heavy atom. The quantitative estimate of drug-likeness (QED) is 0.681. The maximum atomic E-state index is 11.9. The van der Waals surface area contributed by atoms with Gasteiger partial charge in [0.2, 0.25) is 0 Å². The molecule has 1 saturated carbocycles. The number of hydrogen-bond donors (Lipinski definition) is 0. The van der Waals surface area contributed by atoms with E-state index in [1.54, 1.807) is 0 Å². The highest BCUT2D eigenvalue weighted by Gasteiger charge is 2.44. The van der Waals surface area contributed by atoms with Gasteiger partial charge in [0, 0.05) is 24.9 Å². The van der Waals surface area contributed by atoms with Crippen molar-refractivity contribution in [1.29, 1.82) is 0 Å². The van der Waals surface area contributed by atoms with Crippen LogP contribution in [0.4, 0.5) is 4.79 Å². The summed E-state index contributed by atoms with van der Waals surface area (Å²) in [7, 11) is 0. The van der Waals surface area contributed by atoms with E-state index < -0.39 is 0 Å². The van der Waals surface area contributed by atoms with E-state index in [9.17, 15) is 4.79 Å². The number of amides is 1. The van der Waals surface area contributed by atoms with Crippen LogP contribution in [0, 0.1) is 11.8 Å². The highest BCUT2D eigenvalue weighted by Crippen LogP contribution is 2.39. The molecule has 1 amide bonds. The molecule has 0 radical (unpaired) electrons. The summed E-state index contributed by atoms with van der Waals surface area (Å²) in [6, 6.07) is 0. The van der Waals surface area contributed by atoms with Gasteiger partial charge in [-0.2, -0.15) is 0 Å². The lowest BCUT2D eigenvalue weighted by molar-refractivity contribution is -0.0432. The largest absolute Gasteiger partial charge is 0.443 e. The number of hydrogen-bond acceptors (Lipinski definition) is 3. The highest BCUT2D eigenvalue weighted by atomic mass is 16.6. The maximum Gasteiger partial charge on any atom is 0.410 e. The Hall–Kier alpha value is -0.770. The first-order chi connectivity index (χ1) is 7.65. The van der Waals surface area contributed by atoms with Gasteiger partial charge in [-0.3, -0.25) is 0 Å². The van der Waals surface area contributed by atoms with Crippen LogP contribution in [-0.2, 0) is 9.47 Å². The number of likely N-dealkylation sites (tertiary alicyclic amines) is 1. The lowest BCUT2D eigenvalue weighted by Crippen LogP contribution is -2.49. The fraction of sp³-hybridized carbons (Fsp3) is 0.917. The van der Waals surface area contributed by atoms with Crippen molar-refractivity contribution < 1.29 is 14.3 Å². The molecule has 2 unspecified atom stereocenters. The van der Waals surface area contributed by atoms with E-state index in [4.69, 9.17) is 9.47 Å². The summed E-state index contributed by atoms with van der Waals surface area (Å²) in [5, 5.41) is 0. The minimum absolute atomic E-state index is 0.114. The highest BCUT2D eigenvalue weighted by molar-refractivity contribution is 5.68. The normalized spacial score (nSPS) is 35.7. The van der Waals surface area contributed by atoms with Crippen molar-refractivity contribution >= 4 is 6.09 Å². The number of ether oxygens (including phenoxy) is 2. The van der Waals surface area contributed by atoms with E-state index in [2.05, 4.69) is 0 Å². The Morgan fingerprint density at radius 2 is 1.94 bits per heavy atom. The van der Waals surface area contributed by atoms with Gasteiger partial charge in [0.1, 0.15) is 5.60 Å². The van der Waals surface area contributed by atoms with Crippen LogP contribution in [0.1, 0.15) is 26.2 Å². The minimum Gasteiger partial charge on any atom is -0.443 e. The second-order valence-electron chi connectivity index (χ2n) is 5.73. The summed E-state index contributed by atoms with van der Waals surface area (Å²) in [6.45, 7) is 5.24. The molecular weight excluding hydrogens is 206 g/mol. The molecule has 4 heteroatoms. The third-order valence-electron chi connectivity index (χ3n) is 3.88. The molecule has 3 aliphatic rings. The Balaban J connectivity index is 1.59. The molecule has 16 heavy (non-hydrogen) atoms. The molecule has 2 aliphatic heterocycles. The first-order valence-electron chi connectivity index (χ1n) is 6.20. The van der Waals surface area contributed by atoms with Gasteiger partial charge in [-0.05, 0) is 26.2 Å². The lowest BCUT2D eigenvalue weighted by Gasteiger charge is -2.40. The third-order valence-corrected chi connectivity index (χ3v) is 3.88. The Bertz CT molecular complexity index is 289. The zero-order valence-electron chi connectivity index (χ0n) is 9.78. The van der Waals surface area contributed by atoms with Crippen molar-refractivity contribution in [1.82, 2.24) is 4.90 Å². The average Bonchev–Trinajstić information content (AvgIpc) is 2.95. The Morgan fingerprint density at radius 1 is 1.31 bits per heavy atom. The molecule has 3 fully saturated rings. The minimum atomic E-state index is -0.153. The lowest BCUT2D eigenvalue weighted by atomic mass is 9.88. The number of carbonyl (C=O) groups excluding carboxylic acids is 1. The predicted octanol–water partition coefficient (Wildman–Crippen LogP) is 1.64. The summed E-state index contributed by atoms with van der Waals surface area (Å²) < 4.78 is 11.0. The van der Waals surface area contributed by atoms with Crippen LogP contribution in [-0.4, -0.2) is 42.9 Å². The van der Waals surface area contributed by atoms with Crippen LogP contribution in [0.2, 0.25) is 0 Å². The molecule has 0 aromatic carbocycles. The van der Waals surface area contributed by atoms with Gasteiger partial charge in [-0.15, -0.1) is 0 Å². The Kier molecular flexibility index (Phi) is 2.35. The topological polar surface area (TPSA) is 38.8 Å². The molecule has 4 nitrogen and oxygen atoms in total. The van der Waals surface area contributed by atoms with Crippen molar-refractivity contribution in [2.24, 2.45) is 11.8 Å². The molecule has 0 aromatic rings. The summed E-state index contributed by atoms with van der Waals surface area (Å²) in [5.41, 5.74) is -0.153. The van der Waals surface area contributed by atoms with Gasteiger partial charge < -0.3 is 14.4 Å². The first-order valence-corrected chi connectivity index (χ1v) is 6.20. The zero-order chi connectivity index (χ0) is 11.2. The van der Waals surface area contributed by atoms with Crippen molar-refractivity contribution in [2.45, 2.75) is 31.8 Å². The van der Waals surface area contributed by atoms with Crippen molar-refractivity contribution in [3.63, 3.8) is 0 Å². The van der Waals surface area contributed by atoms with Crippen LogP contribution >= 0.6 is 0 Å². The summed E-state index contributed by atoms with van der Waals surface area (Å²) in [6.07, 6.45) is 3.13. The third kappa shape index (κ3) is 2.03. The summed E-state index contributed by atoms with van der Waals surface area (Å²) >= 11 is 0. The zero-order valence-corrected chi connectivity index (χ0v) is 9.78. The smallest absolute Gasteiger partial charge is 0.410 e. The molecule has 0 aromatic heterocycles. The standard InChI is InChI=1S/C12H19NO3/c1-12(2-3-12)16-11(14)13-5-9-4-10(6-13)8-15-7-9/h9-10H,2-8H2,1H3. The van der Waals surface area contributed by atoms with Gasteiger partial charge in [0.25, 0.3) is 0 Å². The molecule has 2 saturated heterocycles. The van der Waals surface area contributed by atoms with Gasteiger partial charge >= 0.3 is 6.09 Å². The van der Waals surface area contributed by atoms with Crippen LogP contribution in [0.15, 0.2) is 0 Å². The SMILES string of the molecule is CC1(OC(=O)N2CC3COCC(C3)C2)CC1. The fourth-order valence-corrected chi connectivity index (χ4v) is 2.66. The molecule has 0 spiro atoms. The molecule has 2 heterocycles. The number of fused-ring (bicyclic) bond motifs is 2. The van der Waals surface area contributed by atoms with Crippen molar-refractivity contribution in [3.8, 4) is 0 Å². The van der Waals surface area contributed by atoms with E-state index in [0.29, 0.717) is 11.8 Å². The molecular formula is C12H19NO3. The average molecular weight is 225 g/mol. The van der Waals surface area contributed by atoms with Crippen LogP contribution in [0.25, 0.3) is 0 Å². The first kappa shape index (κ1) is 10.4. The predicted molar refractivity (Wildman–Crippen MR) is 58.1 cm³/mol. The molecule has 0 N–H and O–H groups in total. The summed E-state index contributed by atoms with van der Waals surface area (Å²) in [4.78, 5) is 13.8. The van der Waals surface area contributed by atoms with Gasteiger partial charge in [0.05, 0.1) is 13.2 Å². The number of nitrogens with zero attached hydrogens (tertiary/aromatic N) is 1. The maximum absolute atomic E-state index is 11.9. The Labute approximate surface area is 95.9 Å². The van der Waals surface area contributed by atoms with Crippen molar-refractivity contribution in [3.05, 3.63) is 0 Å². The van der Waals surface area contributed by atoms with E-state index in [1.807, 2.05) is 11.8 Å². The van der Waals surface area contributed by atoms with E-state index in [-0.39, 0.29) is 11.7 Å². The van der Waals surface area contributed by atoms with Gasteiger partial charge in [0.15, 0.2) is 0 Å². The molecule has 2 bridgehead atoms. The van der Waals surface area contributed by atoms with Gasteiger partial charge in [-0.25, -0.2) is 4.79 Å². The second kappa shape index (κ2) is 3.62. The fourth-order valence-electron chi connectivity index (χ4n) is 2.66. The number of carbonyl (C=O) groups is 1. The van der Waals surface area contributed by atoms with Crippen molar-refractivity contribution in [2.75, 3.05) is 26.3 Å². The molecule has 3 rings (SSSR count). The van der Waals surface area contributed by atoms with Crippen LogP contribution in [0.3, 0.4) is 0 Å². The summed E-state index contributed by atoms with van der Waals surface area (Å²) in [5.74, 6) is 1.04. The number of rotatable bonds is 1. The van der Waals surface area contributed by atoms with Gasteiger partial charge in [-0.1, -0.05) is 0 Å². The monoisotopic (exact) mass is 225 g/mol. The van der Waals surface area contributed by atoms with Crippen LogP contribution < -0.4 is 0 Å². The second-order valence-corrected chi connectivity index (χ2v) is 5.73. The molecule has 1 aliphatic carbocycles.